The maximum absolute atomic E-state index is 13.3. The van der Waals surface area contributed by atoms with Crippen LogP contribution in [-0.4, -0.2) is 30.0 Å². The Hall–Kier alpha value is -1.95. The quantitative estimate of drug-likeness (QED) is 0.634. The number of allylic oxidation sites excluding steroid dienone is 1. The molecule has 1 aliphatic rings. The van der Waals surface area contributed by atoms with Crippen LogP contribution in [0, 0.1) is 5.82 Å². The molecule has 0 radical (unpaired) electrons. The molecule has 1 heterocycles. The van der Waals surface area contributed by atoms with Gasteiger partial charge in [-0.05, 0) is 39.5 Å². The van der Waals surface area contributed by atoms with E-state index in [0.717, 1.165) is 5.20 Å². The molecule has 0 aliphatic carbocycles. The largest absolute Gasteiger partial charge is 0.465 e. The van der Waals surface area contributed by atoms with Gasteiger partial charge in [0.25, 0.3) is 0 Å². The van der Waals surface area contributed by atoms with E-state index in [0.29, 0.717) is 22.2 Å². The lowest BCUT2D eigenvalue weighted by Gasteiger charge is -2.47. The van der Waals surface area contributed by atoms with E-state index in [2.05, 4.69) is 41.5 Å². The summed E-state index contributed by atoms with van der Waals surface area (Å²) in [7, 11) is -2.27. The second-order valence-electron chi connectivity index (χ2n) is 8.32. The number of amides is 1. The third-order valence-corrected chi connectivity index (χ3v) is 13.2. The lowest BCUT2D eigenvalue weighted by Crippen LogP contribution is -2.52. The standard InChI is InChI=1S/C21H30FNO3Si/c1-13(2)27(14(3)4,15(5)6)20-12-23(21(25)26)18(11-19(20)24)16-7-9-17(22)10-8-16/h7-10,12-15,18H,11H2,1-6H3,(H,25,26). The van der Waals surface area contributed by atoms with Gasteiger partial charge < -0.3 is 5.11 Å². The van der Waals surface area contributed by atoms with Crippen LogP contribution in [0.2, 0.25) is 16.6 Å². The fourth-order valence-electron chi connectivity index (χ4n) is 5.12. The van der Waals surface area contributed by atoms with Gasteiger partial charge >= 0.3 is 6.09 Å². The van der Waals surface area contributed by atoms with Crippen molar-refractivity contribution in [2.24, 2.45) is 0 Å². The summed E-state index contributed by atoms with van der Waals surface area (Å²) < 4.78 is 13.3. The summed E-state index contributed by atoms with van der Waals surface area (Å²) in [5, 5.41) is 10.5. The van der Waals surface area contributed by atoms with Gasteiger partial charge in [-0.1, -0.05) is 53.7 Å². The highest BCUT2D eigenvalue weighted by molar-refractivity contribution is 6.93. The molecule has 27 heavy (non-hydrogen) atoms. The first-order chi connectivity index (χ1) is 12.5. The number of carbonyl (C=O) groups excluding carboxylic acids is 1. The van der Waals surface area contributed by atoms with E-state index in [-0.39, 0.29) is 18.0 Å². The molecule has 1 amide bonds. The predicted octanol–water partition coefficient (Wildman–Crippen LogP) is 5.92. The molecule has 0 spiro atoms. The van der Waals surface area contributed by atoms with E-state index >= 15 is 0 Å². The van der Waals surface area contributed by atoms with Gasteiger partial charge in [-0.3, -0.25) is 9.69 Å². The summed E-state index contributed by atoms with van der Waals surface area (Å²) in [4.78, 5) is 26.5. The van der Waals surface area contributed by atoms with Crippen molar-refractivity contribution >= 4 is 20.0 Å². The van der Waals surface area contributed by atoms with Gasteiger partial charge in [0.15, 0.2) is 5.78 Å². The molecule has 1 unspecified atom stereocenters. The highest BCUT2D eigenvalue weighted by atomic mass is 28.3. The average molecular weight is 392 g/mol. The van der Waals surface area contributed by atoms with E-state index < -0.39 is 20.2 Å². The topological polar surface area (TPSA) is 57.6 Å². The lowest BCUT2D eigenvalue weighted by atomic mass is 9.97. The number of carbonyl (C=O) groups is 2. The number of hydrogen-bond donors (Lipinski definition) is 1. The van der Waals surface area contributed by atoms with Crippen LogP contribution in [0.5, 0.6) is 0 Å². The second-order valence-corrected chi connectivity index (χ2v) is 14.2. The zero-order chi connectivity index (χ0) is 20.5. The van der Waals surface area contributed by atoms with Gasteiger partial charge in [0, 0.05) is 12.6 Å². The van der Waals surface area contributed by atoms with E-state index in [1.54, 1.807) is 18.3 Å². The van der Waals surface area contributed by atoms with Crippen LogP contribution in [0.1, 0.15) is 59.6 Å². The Labute approximate surface area is 162 Å². The number of halogens is 1. The minimum atomic E-state index is -2.27. The molecule has 6 heteroatoms. The van der Waals surface area contributed by atoms with E-state index in [4.69, 9.17) is 0 Å². The van der Waals surface area contributed by atoms with Crippen molar-refractivity contribution in [3.8, 4) is 0 Å². The zero-order valence-electron chi connectivity index (χ0n) is 17.0. The van der Waals surface area contributed by atoms with Crippen LogP contribution < -0.4 is 0 Å². The van der Waals surface area contributed by atoms with Crippen molar-refractivity contribution in [1.82, 2.24) is 4.90 Å². The summed E-state index contributed by atoms with van der Waals surface area (Å²) in [6, 6.07) is 5.10. The van der Waals surface area contributed by atoms with Crippen LogP contribution in [0.15, 0.2) is 35.7 Å². The van der Waals surface area contributed by atoms with E-state index in [1.165, 1.54) is 17.0 Å². The maximum Gasteiger partial charge on any atom is 0.411 e. The van der Waals surface area contributed by atoms with E-state index in [9.17, 15) is 19.1 Å². The van der Waals surface area contributed by atoms with Crippen molar-refractivity contribution in [2.75, 3.05) is 0 Å². The Morgan fingerprint density at radius 1 is 1.07 bits per heavy atom. The highest BCUT2D eigenvalue weighted by Gasteiger charge is 2.50. The Bertz CT molecular complexity index is 719. The maximum atomic E-state index is 13.3. The summed E-state index contributed by atoms with van der Waals surface area (Å²) >= 11 is 0. The van der Waals surface area contributed by atoms with E-state index in [1.807, 2.05) is 0 Å². The molecule has 1 N–H and O–H groups in total. The van der Waals surface area contributed by atoms with Crippen molar-refractivity contribution < 1.29 is 19.1 Å². The van der Waals surface area contributed by atoms with Crippen LogP contribution in [0.25, 0.3) is 0 Å². The number of ketones is 1. The molecule has 0 fully saturated rings. The molecule has 0 aromatic heterocycles. The van der Waals surface area contributed by atoms with Crippen LogP contribution in [-0.2, 0) is 4.79 Å². The molecule has 0 saturated heterocycles. The number of carboxylic acid groups (broad SMARTS) is 1. The molecule has 1 atom stereocenters. The van der Waals surface area contributed by atoms with Gasteiger partial charge in [0.05, 0.1) is 6.04 Å². The van der Waals surface area contributed by atoms with Gasteiger partial charge in [-0.15, -0.1) is 0 Å². The van der Waals surface area contributed by atoms with Crippen molar-refractivity contribution in [3.63, 3.8) is 0 Å². The van der Waals surface area contributed by atoms with Crippen LogP contribution in [0.4, 0.5) is 9.18 Å². The Morgan fingerprint density at radius 2 is 1.56 bits per heavy atom. The summed E-state index contributed by atoms with van der Waals surface area (Å²) in [6.07, 6.45) is 0.604. The summed E-state index contributed by atoms with van der Waals surface area (Å²) in [5.41, 5.74) is 1.57. The molecule has 1 aliphatic heterocycles. The Kier molecular flexibility index (Phi) is 6.30. The highest BCUT2D eigenvalue weighted by Crippen LogP contribution is 2.49. The predicted molar refractivity (Wildman–Crippen MR) is 108 cm³/mol. The van der Waals surface area contributed by atoms with Crippen molar-refractivity contribution in [3.05, 3.63) is 47.0 Å². The molecule has 0 saturated carbocycles. The monoisotopic (exact) mass is 391 g/mol. The smallest absolute Gasteiger partial charge is 0.411 e. The lowest BCUT2D eigenvalue weighted by molar-refractivity contribution is -0.116. The van der Waals surface area contributed by atoms with Gasteiger partial charge in [0.2, 0.25) is 0 Å². The van der Waals surface area contributed by atoms with Gasteiger partial charge in [-0.2, -0.15) is 0 Å². The number of hydrogen-bond acceptors (Lipinski definition) is 2. The second kappa shape index (κ2) is 7.96. The minimum absolute atomic E-state index is 0.0320. The molecular weight excluding hydrogens is 361 g/mol. The van der Waals surface area contributed by atoms with Gasteiger partial charge in [0.1, 0.15) is 13.9 Å². The third-order valence-electron chi connectivity index (χ3n) is 6.09. The Balaban J connectivity index is 2.62. The first-order valence-corrected chi connectivity index (χ1v) is 11.8. The first kappa shape index (κ1) is 21.3. The number of benzene rings is 1. The zero-order valence-corrected chi connectivity index (χ0v) is 18.0. The molecule has 1 aromatic rings. The van der Waals surface area contributed by atoms with Crippen molar-refractivity contribution in [1.29, 1.82) is 0 Å². The molecule has 2 rings (SSSR count). The van der Waals surface area contributed by atoms with Gasteiger partial charge in [-0.25, -0.2) is 9.18 Å². The first-order valence-electron chi connectivity index (χ1n) is 9.55. The van der Waals surface area contributed by atoms with Crippen LogP contribution >= 0.6 is 0 Å². The fraction of sp³-hybridized carbons (Fsp3) is 0.524. The minimum Gasteiger partial charge on any atom is -0.465 e. The number of nitrogens with zero attached hydrogens (tertiary/aromatic N) is 1. The molecule has 4 nitrogen and oxygen atoms in total. The third kappa shape index (κ3) is 3.72. The molecule has 148 valence electrons. The SMILES string of the molecule is CC(C)[Si](C1=CN(C(=O)O)C(c2ccc(F)cc2)CC1=O)(C(C)C)C(C)C. The number of rotatable bonds is 5. The van der Waals surface area contributed by atoms with Crippen LogP contribution in [0.3, 0.4) is 0 Å². The fourth-order valence-corrected chi connectivity index (χ4v) is 11.9. The summed E-state index contributed by atoms with van der Waals surface area (Å²) in [5.74, 6) is -0.352. The summed E-state index contributed by atoms with van der Waals surface area (Å²) in [6.45, 7) is 12.9. The number of Topliss-reactive ketones (excluding diaryl/α,β-unsaturated/α-hetero) is 1. The molecule has 0 bridgehead atoms. The average Bonchev–Trinajstić information content (AvgIpc) is 2.56. The van der Waals surface area contributed by atoms with Crippen molar-refractivity contribution in [2.45, 2.75) is 70.6 Å². The normalized spacial score (nSPS) is 18.4. The molecular formula is C21H30FNO3Si. The Morgan fingerprint density at radius 3 is 1.96 bits per heavy atom. The molecule has 1 aromatic carbocycles.